The summed E-state index contributed by atoms with van der Waals surface area (Å²) in [7, 11) is 0. The second kappa shape index (κ2) is 7.21. The molecule has 0 radical (unpaired) electrons. The van der Waals surface area contributed by atoms with Gasteiger partial charge in [0.25, 0.3) is 5.91 Å². The van der Waals surface area contributed by atoms with Gasteiger partial charge in [-0.1, -0.05) is 30.3 Å². The molecule has 0 unspecified atom stereocenters. The van der Waals surface area contributed by atoms with E-state index in [1.54, 1.807) is 11.8 Å². The molecular weight excluding hydrogens is 366 g/mol. The lowest BCUT2D eigenvalue weighted by Crippen LogP contribution is -2.44. The zero-order valence-corrected chi connectivity index (χ0v) is 16.7. The lowest BCUT2D eigenvalue weighted by atomic mass is 9.87. The number of hydrogen-bond acceptors (Lipinski definition) is 4. The highest BCUT2D eigenvalue weighted by atomic mass is 16.6. The molecule has 1 fully saturated rings. The molecule has 2 aliphatic heterocycles. The average Bonchev–Trinajstić information content (AvgIpc) is 3.18. The molecule has 2 heterocycles. The van der Waals surface area contributed by atoms with Crippen molar-refractivity contribution in [2.45, 2.75) is 32.6 Å². The number of nitrogens with zero attached hydrogens (tertiary/aromatic N) is 1. The Hall–Kier alpha value is -2.82. The van der Waals surface area contributed by atoms with E-state index >= 15 is 0 Å². The third-order valence-corrected chi connectivity index (χ3v) is 6.38. The van der Waals surface area contributed by atoms with Crippen molar-refractivity contribution in [2.75, 3.05) is 26.3 Å². The van der Waals surface area contributed by atoms with Gasteiger partial charge >= 0.3 is 0 Å². The molecule has 2 aromatic carbocycles. The van der Waals surface area contributed by atoms with E-state index in [1.807, 2.05) is 6.07 Å². The van der Waals surface area contributed by atoms with Gasteiger partial charge in [-0.05, 0) is 54.5 Å². The first kappa shape index (κ1) is 18.2. The van der Waals surface area contributed by atoms with E-state index < -0.39 is 0 Å². The van der Waals surface area contributed by atoms with Crippen molar-refractivity contribution in [1.29, 1.82) is 0 Å². The molecule has 0 aromatic heterocycles. The number of benzene rings is 2. The number of likely N-dealkylation sites (tertiary alicyclic amines) is 1. The molecule has 5 heteroatoms. The molecule has 1 saturated heterocycles. The van der Waals surface area contributed by atoms with E-state index in [0.717, 1.165) is 36.6 Å². The number of carbonyl (C=O) groups is 2. The van der Waals surface area contributed by atoms with Gasteiger partial charge in [-0.3, -0.25) is 9.59 Å². The summed E-state index contributed by atoms with van der Waals surface area (Å²) in [5.41, 5.74) is 3.47. The predicted molar refractivity (Wildman–Crippen MR) is 110 cm³/mol. The summed E-state index contributed by atoms with van der Waals surface area (Å²) in [6.45, 7) is 3.68. The van der Waals surface area contributed by atoms with Gasteiger partial charge < -0.3 is 14.4 Å². The van der Waals surface area contributed by atoms with Crippen LogP contribution in [0.3, 0.4) is 0 Å². The van der Waals surface area contributed by atoms with Gasteiger partial charge in [-0.15, -0.1) is 0 Å². The topological polar surface area (TPSA) is 55.8 Å². The van der Waals surface area contributed by atoms with Crippen molar-refractivity contribution < 1.29 is 19.1 Å². The second-order valence-corrected chi connectivity index (χ2v) is 8.15. The Morgan fingerprint density at radius 2 is 1.83 bits per heavy atom. The average molecular weight is 391 g/mol. The smallest absolute Gasteiger partial charge is 0.292 e. The highest BCUT2D eigenvalue weighted by Crippen LogP contribution is 2.34. The Kier molecular flexibility index (Phi) is 4.53. The van der Waals surface area contributed by atoms with Gasteiger partial charge in [-0.2, -0.15) is 0 Å². The number of hydrogen-bond donors (Lipinski definition) is 0. The molecule has 2 aromatic rings. The van der Waals surface area contributed by atoms with Crippen LogP contribution in [0, 0.1) is 5.92 Å². The van der Waals surface area contributed by atoms with E-state index in [1.165, 1.54) is 16.5 Å². The van der Waals surface area contributed by atoms with E-state index in [2.05, 4.69) is 24.3 Å². The van der Waals surface area contributed by atoms with E-state index in [-0.39, 0.29) is 23.4 Å². The predicted octanol–water partition coefficient (Wildman–Crippen LogP) is 3.64. The zero-order valence-electron chi connectivity index (χ0n) is 16.7. The third kappa shape index (κ3) is 3.09. The Balaban J connectivity index is 1.41. The Morgan fingerprint density at radius 1 is 1.03 bits per heavy atom. The first-order valence-corrected chi connectivity index (χ1v) is 10.5. The summed E-state index contributed by atoms with van der Waals surface area (Å²) in [6, 6.07) is 10.4. The lowest BCUT2D eigenvalue weighted by molar-refractivity contribution is -0.134. The maximum Gasteiger partial charge on any atom is 0.292 e. The van der Waals surface area contributed by atoms with E-state index in [0.29, 0.717) is 32.1 Å². The summed E-state index contributed by atoms with van der Waals surface area (Å²) in [4.78, 5) is 28.1. The van der Waals surface area contributed by atoms with Gasteiger partial charge in [0.2, 0.25) is 5.76 Å². The Morgan fingerprint density at radius 3 is 2.66 bits per heavy atom. The number of amides is 1. The summed E-state index contributed by atoms with van der Waals surface area (Å²) in [5.74, 6) is 0.609. The van der Waals surface area contributed by atoms with Crippen LogP contribution in [0.15, 0.2) is 41.9 Å². The molecular formula is C24H25NO4. The minimum Gasteiger partial charge on any atom is -0.491 e. The van der Waals surface area contributed by atoms with Crippen LogP contribution >= 0.6 is 0 Å². The summed E-state index contributed by atoms with van der Waals surface area (Å²) >= 11 is 0. The number of allylic oxidation sites excluding steroid dienone is 1. The molecule has 1 aliphatic carbocycles. The number of Topliss-reactive ketones (excluding diaryl/α,β-unsaturated/α-hetero) is 1. The summed E-state index contributed by atoms with van der Waals surface area (Å²) in [5, 5.41) is 2.32. The molecule has 150 valence electrons. The van der Waals surface area contributed by atoms with Gasteiger partial charge in [-0.25, -0.2) is 0 Å². The first-order chi connectivity index (χ1) is 14.1. The normalized spacial score (nSPS) is 21.1. The molecule has 0 saturated carbocycles. The number of ether oxygens (including phenoxy) is 2. The number of ketones is 1. The van der Waals surface area contributed by atoms with Crippen LogP contribution in [0.2, 0.25) is 0 Å². The zero-order chi connectivity index (χ0) is 20.0. The molecule has 29 heavy (non-hydrogen) atoms. The molecule has 1 atom stereocenters. The summed E-state index contributed by atoms with van der Waals surface area (Å²) < 4.78 is 11.0. The first-order valence-electron chi connectivity index (χ1n) is 10.5. The van der Waals surface area contributed by atoms with Gasteiger partial charge in [0, 0.05) is 24.6 Å². The SMILES string of the molecule is CC1=C(C(=O)N2CCC[C@@H](C(=O)c3ccc4c5c(cccc35)CC4)C2)OCCO1. The van der Waals surface area contributed by atoms with Crippen molar-refractivity contribution in [2.24, 2.45) is 5.92 Å². The highest BCUT2D eigenvalue weighted by Gasteiger charge is 2.33. The van der Waals surface area contributed by atoms with Crippen molar-refractivity contribution in [3.8, 4) is 0 Å². The van der Waals surface area contributed by atoms with Gasteiger partial charge in [0.05, 0.1) is 0 Å². The number of carbonyl (C=O) groups excluding carboxylic acids is 2. The molecule has 3 aliphatic rings. The van der Waals surface area contributed by atoms with Crippen LogP contribution in [-0.2, 0) is 27.1 Å². The second-order valence-electron chi connectivity index (χ2n) is 8.15. The molecule has 0 spiro atoms. The molecule has 5 nitrogen and oxygen atoms in total. The lowest BCUT2D eigenvalue weighted by Gasteiger charge is -2.33. The highest BCUT2D eigenvalue weighted by molar-refractivity contribution is 6.11. The van der Waals surface area contributed by atoms with Crippen molar-refractivity contribution in [3.05, 3.63) is 58.5 Å². The number of aryl methyl sites for hydroxylation is 2. The number of rotatable bonds is 3. The minimum atomic E-state index is -0.184. The fraction of sp³-hybridized carbons (Fsp3) is 0.417. The van der Waals surface area contributed by atoms with Crippen LogP contribution in [0.1, 0.15) is 41.3 Å². The Labute approximate surface area is 170 Å². The molecule has 0 bridgehead atoms. The monoisotopic (exact) mass is 391 g/mol. The summed E-state index contributed by atoms with van der Waals surface area (Å²) in [6.07, 6.45) is 3.72. The minimum absolute atomic E-state index is 0.143. The maximum atomic E-state index is 13.5. The van der Waals surface area contributed by atoms with Crippen LogP contribution < -0.4 is 0 Å². The van der Waals surface area contributed by atoms with Gasteiger partial charge in [0.1, 0.15) is 19.0 Å². The van der Waals surface area contributed by atoms with Crippen molar-refractivity contribution in [3.63, 3.8) is 0 Å². The fourth-order valence-electron chi connectivity index (χ4n) is 4.92. The van der Waals surface area contributed by atoms with Crippen LogP contribution in [-0.4, -0.2) is 42.9 Å². The quantitative estimate of drug-likeness (QED) is 0.750. The van der Waals surface area contributed by atoms with Gasteiger partial charge in [0.15, 0.2) is 5.78 Å². The van der Waals surface area contributed by atoms with E-state index in [4.69, 9.17) is 9.47 Å². The molecule has 0 N–H and O–H groups in total. The van der Waals surface area contributed by atoms with Crippen LogP contribution in [0.4, 0.5) is 0 Å². The van der Waals surface area contributed by atoms with Crippen LogP contribution in [0.25, 0.3) is 10.8 Å². The van der Waals surface area contributed by atoms with Crippen LogP contribution in [0.5, 0.6) is 0 Å². The fourth-order valence-corrected chi connectivity index (χ4v) is 4.92. The largest absolute Gasteiger partial charge is 0.491 e. The maximum absolute atomic E-state index is 13.5. The van der Waals surface area contributed by atoms with E-state index in [9.17, 15) is 9.59 Å². The number of piperidine rings is 1. The van der Waals surface area contributed by atoms with Crippen molar-refractivity contribution >= 4 is 22.5 Å². The Bertz CT molecular complexity index is 1030. The molecule has 1 amide bonds. The van der Waals surface area contributed by atoms with Crippen molar-refractivity contribution in [1.82, 2.24) is 4.90 Å². The standard InChI is InChI=1S/C24H25NO4/c1-15-23(29-13-12-28-15)24(27)25-11-3-5-18(14-25)22(26)20-10-9-17-8-7-16-4-2-6-19(20)21(16)17/h2,4,6,9-10,18H,3,5,7-8,11-14H2,1H3/t18-/m1/s1. The molecule has 5 rings (SSSR count). The third-order valence-electron chi connectivity index (χ3n) is 6.38.